The molecule has 0 fully saturated rings. The second-order valence-electron chi connectivity index (χ2n) is 4.28. The Morgan fingerprint density at radius 1 is 1.18 bits per heavy atom. The third-order valence-corrected chi connectivity index (χ3v) is 2.74. The van der Waals surface area contributed by atoms with Gasteiger partial charge in [0.05, 0.1) is 5.69 Å². The van der Waals surface area contributed by atoms with E-state index in [1.54, 1.807) is 6.20 Å². The zero-order valence-corrected chi connectivity index (χ0v) is 10.4. The van der Waals surface area contributed by atoms with E-state index in [2.05, 4.69) is 35.2 Å². The Hall–Kier alpha value is -1.90. The molecule has 0 aromatic carbocycles. The molecular weight excluding hydrogens is 210 g/mol. The smallest absolute Gasteiger partial charge is 0.129 e. The maximum atomic E-state index is 4.44. The molecule has 0 aliphatic carbocycles. The van der Waals surface area contributed by atoms with Crippen LogP contribution in [0.3, 0.4) is 0 Å². The Bertz CT molecular complexity index is 492. The van der Waals surface area contributed by atoms with Gasteiger partial charge in [-0.1, -0.05) is 19.9 Å². The number of rotatable bonds is 3. The largest absolute Gasteiger partial charge is 0.373 e. The minimum Gasteiger partial charge on any atom is -0.373 e. The van der Waals surface area contributed by atoms with Crippen molar-refractivity contribution in [3.8, 4) is 11.3 Å². The predicted molar refractivity (Wildman–Crippen MR) is 71.1 cm³/mol. The lowest BCUT2D eigenvalue weighted by Crippen LogP contribution is -2.01. The molecule has 2 aromatic heterocycles. The molecule has 0 saturated carbocycles. The van der Waals surface area contributed by atoms with Gasteiger partial charge in [0.25, 0.3) is 0 Å². The van der Waals surface area contributed by atoms with E-state index in [4.69, 9.17) is 0 Å². The van der Waals surface area contributed by atoms with E-state index in [1.165, 1.54) is 5.56 Å². The fourth-order valence-corrected chi connectivity index (χ4v) is 1.80. The molecule has 0 radical (unpaired) electrons. The van der Waals surface area contributed by atoms with Crippen LogP contribution in [0.4, 0.5) is 5.82 Å². The summed E-state index contributed by atoms with van der Waals surface area (Å²) in [7, 11) is 1.90. The number of nitrogens with zero attached hydrogens (tertiary/aromatic N) is 2. The summed E-state index contributed by atoms with van der Waals surface area (Å²) in [4.78, 5) is 8.79. The van der Waals surface area contributed by atoms with Crippen LogP contribution in [0.5, 0.6) is 0 Å². The summed E-state index contributed by atoms with van der Waals surface area (Å²) in [5, 5.41) is 3.12. The van der Waals surface area contributed by atoms with Gasteiger partial charge in [0, 0.05) is 25.0 Å². The topological polar surface area (TPSA) is 37.8 Å². The van der Waals surface area contributed by atoms with Crippen LogP contribution < -0.4 is 5.32 Å². The van der Waals surface area contributed by atoms with Crippen molar-refractivity contribution in [1.29, 1.82) is 0 Å². The Balaban J connectivity index is 2.48. The van der Waals surface area contributed by atoms with E-state index in [9.17, 15) is 0 Å². The van der Waals surface area contributed by atoms with Gasteiger partial charge in [0.2, 0.25) is 0 Å². The molecule has 0 amide bonds. The lowest BCUT2D eigenvalue weighted by Gasteiger charge is -2.12. The third-order valence-electron chi connectivity index (χ3n) is 2.74. The Labute approximate surface area is 102 Å². The molecule has 0 aliphatic heterocycles. The molecule has 0 saturated heterocycles. The van der Waals surface area contributed by atoms with Gasteiger partial charge < -0.3 is 5.32 Å². The first-order chi connectivity index (χ1) is 8.22. The summed E-state index contributed by atoms with van der Waals surface area (Å²) >= 11 is 0. The molecule has 0 aliphatic rings. The SMILES string of the molecule is CNc1ncc(-c2ccccn2)cc1C(C)C. The molecule has 3 nitrogen and oxygen atoms in total. The van der Waals surface area contributed by atoms with Gasteiger partial charge in [-0.25, -0.2) is 4.98 Å². The molecule has 2 rings (SSSR count). The van der Waals surface area contributed by atoms with Crippen molar-refractivity contribution >= 4 is 5.82 Å². The molecule has 1 N–H and O–H groups in total. The number of hydrogen-bond donors (Lipinski definition) is 1. The van der Waals surface area contributed by atoms with Crippen molar-refractivity contribution in [2.45, 2.75) is 19.8 Å². The van der Waals surface area contributed by atoms with E-state index >= 15 is 0 Å². The first-order valence-corrected chi connectivity index (χ1v) is 5.81. The highest BCUT2D eigenvalue weighted by atomic mass is 15.0. The number of nitrogens with one attached hydrogen (secondary N) is 1. The highest BCUT2D eigenvalue weighted by Gasteiger charge is 2.09. The van der Waals surface area contributed by atoms with Gasteiger partial charge in [-0.3, -0.25) is 4.98 Å². The maximum Gasteiger partial charge on any atom is 0.129 e. The maximum absolute atomic E-state index is 4.44. The summed E-state index contributed by atoms with van der Waals surface area (Å²) in [5.41, 5.74) is 3.24. The molecule has 0 bridgehead atoms. The van der Waals surface area contributed by atoms with Crippen molar-refractivity contribution in [2.75, 3.05) is 12.4 Å². The Morgan fingerprint density at radius 2 is 2.00 bits per heavy atom. The van der Waals surface area contributed by atoms with Crippen LogP contribution >= 0.6 is 0 Å². The molecule has 2 aromatic rings. The minimum absolute atomic E-state index is 0.439. The lowest BCUT2D eigenvalue weighted by atomic mass is 10.0. The molecule has 17 heavy (non-hydrogen) atoms. The molecule has 3 heteroatoms. The summed E-state index contributed by atoms with van der Waals surface area (Å²) in [5.74, 6) is 1.38. The minimum atomic E-state index is 0.439. The molecule has 2 heterocycles. The zero-order valence-electron chi connectivity index (χ0n) is 10.4. The predicted octanol–water partition coefficient (Wildman–Crippen LogP) is 3.31. The van der Waals surface area contributed by atoms with E-state index in [-0.39, 0.29) is 0 Å². The standard InChI is InChI=1S/C14H17N3/c1-10(2)12-8-11(9-17-14(12)15-3)13-6-4-5-7-16-13/h4-10H,1-3H3,(H,15,17). The first-order valence-electron chi connectivity index (χ1n) is 5.81. The van der Waals surface area contributed by atoms with E-state index in [1.807, 2.05) is 31.4 Å². The molecule has 0 unspecified atom stereocenters. The van der Waals surface area contributed by atoms with Crippen LogP contribution in [-0.2, 0) is 0 Å². The summed E-state index contributed by atoms with van der Waals surface area (Å²) < 4.78 is 0. The highest BCUT2D eigenvalue weighted by Crippen LogP contribution is 2.26. The number of pyridine rings is 2. The molecule has 0 atom stereocenters. The van der Waals surface area contributed by atoms with Crippen LogP contribution in [0.2, 0.25) is 0 Å². The van der Waals surface area contributed by atoms with Crippen molar-refractivity contribution in [2.24, 2.45) is 0 Å². The first kappa shape index (κ1) is 11.6. The number of anilines is 1. The average Bonchev–Trinajstić information content (AvgIpc) is 2.39. The third kappa shape index (κ3) is 2.44. The Morgan fingerprint density at radius 3 is 2.59 bits per heavy atom. The van der Waals surface area contributed by atoms with Crippen molar-refractivity contribution in [3.05, 3.63) is 42.2 Å². The fourth-order valence-electron chi connectivity index (χ4n) is 1.80. The monoisotopic (exact) mass is 227 g/mol. The van der Waals surface area contributed by atoms with Gasteiger partial charge in [-0.05, 0) is 29.7 Å². The van der Waals surface area contributed by atoms with E-state index < -0.39 is 0 Å². The van der Waals surface area contributed by atoms with Gasteiger partial charge >= 0.3 is 0 Å². The molecular formula is C14H17N3. The molecule has 88 valence electrons. The van der Waals surface area contributed by atoms with Gasteiger partial charge in [0.1, 0.15) is 5.82 Å². The normalized spacial score (nSPS) is 10.6. The van der Waals surface area contributed by atoms with E-state index in [0.29, 0.717) is 5.92 Å². The van der Waals surface area contributed by atoms with Crippen LogP contribution in [0.25, 0.3) is 11.3 Å². The van der Waals surface area contributed by atoms with Crippen molar-refractivity contribution in [3.63, 3.8) is 0 Å². The number of hydrogen-bond acceptors (Lipinski definition) is 3. The van der Waals surface area contributed by atoms with Crippen molar-refractivity contribution < 1.29 is 0 Å². The summed E-state index contributed by atoms with van der Waals surface area (Å²) in [6.45, 7) is 4.33. The Kier molecular flexibility index (Phi) is 3.38. The molecule has 0 spiro atoms. The summed E-state index contributed by atoms with van der Waals surface area (Å²) in [6.07, 6.45) is 3.66. The lowest BCUT2D eigenvalue weighted by molar-refractivity contribution is 0.861. The zero-order chi connectivity index (χ0) is 12.3. The second kappa shape index (κ2) is 4.95. The second-order valence-corrected chi connectivity index (χ2v) is 4.28. The van der Waals surface area contributed by atoms with Crippen LogP contribution in [0.15, 0.2) is 36.7 Å². The number of aromatic nitrogens is 2. The van der Waals surface area contributed by atoms with Gasteiger partial charge in [-0.15, -0.1) is 0 Å². The van der Waals surface area contributed by atoms with Crippen LogP contribution in [0.1, 0.15) is 25.3 Å². The van der Waals surface area contributed by atoms with Crippen molar-refractivity contribution in [1.82, 2.24) is 9.97 Å². The average molecular weight is 227 g/mol. The quantitative estimate of drug-likeness (QED) is 0.874. The fraction of sp³-hybridized carbons (Fsp3) is 0.286. The highest BCUT2D eigenvalue weighted by molar-refractivity contribution is 5.62. The van der Waals surface area contributed by atoms with Gasteiger partial charge in [0.15, 0.2) is 0 Å². The van der Waals surface area contributed by atoms with Crippen LogP contribution in [-0.4, -0.2) is 17.0 Å². The van der Waals surface area contributed by atoms with E-state index in [0.717, 1.165) is 17.1 Å². The van der Waals surface area contributed by atoms with Crippen LogP contribution in [0, 0.1) is 0 Å². The van der Waals surface area contributed by atoms with Gasteiger partial charge in [-0.2, -0.15) is 0 Å². The summed E-state index contributed by atoms with van der Waals surface area (Å²) in [6, 6.07) is 8.07.